The number of urea groups is 1. The van der Waals surface area contributed by atoms with Crippen LogP contribution in [0.15, 0.2) is 84.7 Å². The molecule has 2 heterocycles. The molecule has 1 aliphatic rings. The van der Waals surface area contributed by atoms with Crippen molar-refractivity contribution in [1.82, 2.24) is 9.88 Å². The molecule has 4 aromatic rings. The lowest BCUT2D eigenvalue weighted by Gasteiger charge is -2.11. The molecule has 168 valence electrons. The average Bonchev–Trinajstić information content (AvgIpc) is 3.30. The number of rotatable bonds is 5. The van der Waals surface area contributed by atoms with Crippen LogP contribution in [0, 0.1) is 0 Å². The molecule has 1 saturated heterocycles. The Labute approximate surface area is 199 Å². The van der Waals surface area contributed by atoms with E-state index < -0.39 is 17.9 Å². The van der Waals surface area contributed by atoms with Crippen molar-refractivity contribution in [3.05, 3.63) is 106 Å². The van der Waals surface area contributed by atoms with E-state index in [9.17, 15) is 19.5 Å². The number of aromatic nitrogens is 1. The summed E-state index contributed by atoms with van der Waals surface area (Å²) < 4.78 is 1.98. The summed E-state index contributed by atoms with van der Waals surface area (Å²) in [6.45, 7) is 0.444. The van der Waals surface area contributed by atoms with E-state index in [1.54, 1.807) is 48.5 Å². The number of carboxylic acid groups (broad SMARTS) is 1. The van der Waals surface area contributed by atoms with Gasteiger partial charge < -0.3 is 15.0 Å². The molecular weight excluding hydrogens is 454 g/mol. The van der Waals surface area contributed by atoms with Gasteiger partial charge >= 0.3 is 12.0 Å². The minimum atomic E-state index is -0.982. The van der Waals surface area contributed by atoms with Crippen molar-refractivity contribution in [1.29, 1.82) is 0 Å². The number of carbonyl (C=O) groups excluding carboxylic acids is 2. The first kappa shape index (κ1) is 21.5. The summed E-state index contributed by atoms with van der Waals surface area (Å²) in [5.74, 6) is -1.46. The fourth-order valence-corrected chi connectivity index (χ4v) is 4.25. The van der Waals surface area contributed by atoms with Crippen molar-refractivity contribution in [2.75, 3.05) is 4.90 Å². The molecule has 5 rings (SSSR count). The molecule has 0 saturated carbocycles. The Morgan fingerprint density at radius 1 is 1.00 bits per heavy atom. The highest BCUT2D eigenvalue weighted by Gasteiger charge is 2.35. The van der Waals surface area contributed by atoms with Gasteiger partial charge in [0.15, 0.2) is 0 Å². The Hall–Kier alpha value is -4.36. The maximum absolute atomic E-state index is 13.0. The van der Waals surface area contributed by atoms with E-state index >= 15 is 0 Å². The van der Waals surface area contributed by atoms with Crippen LogP contribution in [0.25, 0.3) is 17.0 Å². The molecule has 3 aromatic carbocycles. The maximum atomic E-state index is 13.0. The number of fused-ring (bicyclic) bond motifs is 1. The molecule has 1 aromatic heterocycles. The van der Waals surface area contributed by atoms with E-state index in [0.717, 1.165) is 26.9 Å². The third-order valence-corrected chi connectivity index (χ3v) is 5.83. The van der Waals surface area contributed by atoms with Crippen molar-refractivity contribution in [2.24, 2.45) is 0 Å². The van der Waals surface area contributed by atoms with Crippen LogP contribution in [0.2, 0.25) is 5.02 Å². The molecule has 0 atom stereocenters. The Kier molecular flexibility index (Phi) is 5.39. The number of halogens is 1. The molecule has 0 radical (unpaired) electrons. The molecule has 7 nitrogen and oxygen atoms in total. The van der Waals surface area contributed by atoms with Crippen molar-refractivity contribution < 1.29 is 19.5 Å². The predicted octanol–water partition coefficient (Wildman–Crippen LogP) is 5.14. The number of anilines is 1. The minimum Gasteiger partial charge on any atom is -0.478 e. The molecule has 34 heavy (non-hydrogen) atoms. The number of para-hydroxylation sites is 1. The fraction of sp³-hybridized carbons (Fsp3) is 0.0385. The first-order chi connectivity index (χ1) is 16.4. The first-order valence-electron chi connectivity index (χ1n) is 10.4. The number of aromatic carboxylic acids is 1. The van der Waals surface area contributed by atoms with Gasteiger partial charge in [-0.15, -0.1) is 0 Å². The molecule has 0 aliphatic carbocycles. The standard InChI is InChI=1S/C26H18ClN3O4/c27-19-7-4-8-20(13-19)30-24(31)22(28-26(30)34)12-18-15-29(23-10-2-1-9-21(18)23)14-16-5-3-6-17(11-16)25(32)33/h1-13,15H,14H2,(H,28,34)(H,32,33)/b22-12+. The quantitative estimate of drug-likeness (QED) is 0.311. The zero-order valence-electron chi connectivity index (χ0n) is 17.7. The molecule has 1 aliphatic heterocycles. The van der Waals surface area contributed by atoms with Gasteiger partial charge in [0.1, 0.15) is 5.70 Å². The number of hydrogen-bond acceptors (Lipinski definition) is 3. The summed E-state index contributed by atoms with van der Waals surface area (Å²) >= 11 is 6.03. The number of nitrogens with one attached hydrogen (secondary N) is 1. The lowest BCUT2D eigenvalue weighted by Crippen LogP contribution is -2.30. The first-order valence-corrected chi connectivity index (χ1v) is 10.8. The van der Waals surface area contributed by atoms with Crippen molar-refractivity contribution in [3.63, 3.8) is 0 Å². The Bertz CT molecular complexity index is 1500. The molecule has 0 spiro atoms. The normalized spacial score (nSPS) is 14.7. The molecule has 3 amide bonds. The van der Waals surface area contributed by atoms with E-state index in [-0.39, 0.29) is 11.3 Å². The number of imide groups is 1. The molecule has 2 N–H and O–H groups in total. The highest BCUT2D eigenvalue weighted by molar-refractivity contribution is 6.32. The zero-order valence-corrected chi connectivity index (χ0v) is 18.5. The Morgan fingerprint density at radius 3 is 2.59 bits per heavy atom. The van der Waals surface area contributed by atoms with Gasteiger partial charge in [0.05, 0.1) is 11.3 Å². The third kappa shape index (κ3) is 3.93. The van der Waals surface area contributed by atoms with E-state index in [2.05, 4.69) is 5.32 Å². The summed E-state index contributed by atoms with van der Waals surface area (Å²) in [5, 5.41) is 13.2. The molecule has 1 fully saturated rings. The van der Waals surface area contributed by atoms with Gasteiger partial charge in [-0.3, -0.25) is 4.79 Å². The number of nitrogens with zero attached hydrogens (tertiary/aromatic N) is 2. The van der Waals surface area contributed by atoms with Crippen molar-refractivity contribution in [2.45, 2.75) is 6.54 Å². The summed E-state index contributed by atoms with van der Waals surface area (Å²) in [6, 6.07) is 20.4. The number of carbonyl (C=O) groups is 3. The zero-order chi connectivity index (χ0) is 23.8. The van der Waals surface area contributed by atoms with E-state index in [1.807, 2.05) is 41.1 Å². The third-order valence-electron chi connectivity index (χ3n) is 5.59. The van der Waals surface area contributed by atoms with Crippen molar-refractivity contribution >= 4 is 52.2 Å². The summed E-state index contributed by atoms with van der Waals surface area (Å²) in [4.78, 5) is 38.0. The average molecular weight is 472 g/mol. The molecular formula is C26H18ClN3O4. The van der Waals surface area contributed by atoms with E-state index in [4.69, 9.17) is 11.6 Å². The largest absolute Gasteiger partial charge is 0.478 e. The topological polar surface area (TPSA) is 91.6 Å². The monoisotopic (exact) mass is 471 g/mol. The number of hydrogen-bond donors (Lipinski definition) is 2. The van der Waals surface area contributed by atoms with Crippen LogP contribution in [0.1, 0.15) is 21.5 Å². The van der Waals surface area contributed by atoms with Gasteiger partial charge in [0.2, 0.25) is 0 Å². The van der Waals surface area contributed by atoms with Gasteiger partial charge in [-0.1, -0.05) is 48.0 Å². The van der Waals surface area contributed by atoms with Crippen LogP contribution in [-0.4, -0.2) is 27.6 Å². The van der Waals surface area contributed by atoms with Crippen LogP contribution in [0.4, 0.5) is 10.5 Å². The number of carboxylic acids is 1. The second kappa shape index (κ2) is 8.53. The minimum absolute atomic E-state index is 0.153. The van der Waals surface area contributed by atoms with E-state index in [1.165, 1.54) is 0 Å². The molecule has 8 heteroatoms. The number of benzene rings is 3. The summed E-state index contributed by atoms with van der Waals surface area (Å²) in [5.41, 5.74) is 3.26. The smallest absolute Gasteiger partial charge is 0.335 e. The highest BCUT2D eigenvalue weighted by Crippen LogP contribution is 2.28. The van der Waals surface area contributed by atoms with E-state index in [0.29, 0.717) is 17.3 Å². The predicted molar refractivity (Wildman–Crippen MR) is 130 cm³/mol. The highest BCUT2D eigenvalue weighted by atomic mass is 35.5. The number of amides is 3. The van der Waals surface area contributed by atoms with Crippen LogP contribution < -0.4 is 10.2 Å². The lowest BCUT2D eigenvalue weighted by atomic mass is 10.1. The summed E-state index contributed by atoms with van der Waals surface area (Å²) in [7, 11) is 0. The van der Waals surface area contributed by atoms with Gasteiger partial charge in [0.25, 0.3) is 5.91 Å². The molecule has 0 unspecified atom stereocenters. The Balaban J connectivity index is 1.51. The van der Waals surface area contributed by atoms with Gasteiger partial charge in [-0.05, 0) is 48.0 Å². The van der Waals surface area contributed by atoms with Gasteiger partial charge in [-0.2, -0.15) is 0 Å². The van der Waals surface area contributed by atoms with Crippen LogP contribution in [0.5, 0.6) is 0 Å². The fourth-order valence-electron chi connectivity index (χ4n) is 4.06. The van der Waals surface area contributed by atoms with Crippen molar-refractivity contribution in [3.8, 4) is 0 Å². The summed E-state index contributed by atoms with van der Waals surface area (Å²) in [6.07, 6.45) is 3.53. The maximum Gasteiger partial charge on any atom is 0.335 e. The Morgan fingerprint density at radius 2 is 1.79 bits per heavy atom. The lowest BCUT2D eigenvalue weighted by molar-refractivity contribution is -0.113. The second-order valence-corrected chi connectivity index (χ2v) is 8.28. The van der Waals surface area contributed by atoms with Crippen LogP contribution in [-0.2, 0) is 11.3 Å². The van der Waals surface area contributed by atoms with Gasteiger partial charge in [-0.25, -0.2) is 14.5 Å². The SMILES string of the molecule is O=C(O)c1cccc(Cn2cc(/C=C3/NC(=O)N(c4cccc(Cl)c4)C3=O)c3ccccc32)c1. The van der Waals surface area contributed by atoms with Crippen LogP contribution >= 0.6 is 11.6 Å². The van der Waals surface area contributed by atoms with Crippen LogP contribution in [0.3, 0.4) is 0 Å². The second-order valence-electron chi connectivity index (χ2n) is 7.84. The van der Waals surface area contributed by atoms with Gasteiger partial charge in [0, 0.05) is 34.2 Å². The molecule has 0 bridgehead atoms.